The molecule has 4 nitrogen and oxygen atoms in total. The Kier molecular flexibility index (Phi) is 6.56. The molecule has 0 aliphatic carbocycles. The Hall–Kier alpha value is -0.330. The Morgan fingerprint density at radius 3 is 2.58 bits per heavy atom. The largest absolute Gasteiger partial charge is 0.396 e. The van der Waals surface area contributed by atoms with Crippen LogP contribution in [0.15, 0.2) is 18.2 Å². The Labute approximate surface area is 123 Å². The van der Waals surface area contributed by atoms with Gasteiger partial charge in [-0.1, -0.05) is 36.2 Å². The summed E-state index contributed by atoms with van der Waals surface area (Å²) >= 11 is 11.7. The van der Waals surface area contributed by atoms with Gasteiger partial charge in [0, 0.05) is 22.7 Å². The quantitative estimate of drug-likeness (QED) is 0.809. The molecule has 0 fully saturated rings. The minimum Gasteiger partial charge on any atom is -0.396 e. The summed E-state index contributed by atoms with van der Waals surface area (Å²) in [5.41, 5.74) is 0.498. The van der Waals surface area contributed by atoms with Crippen molar-refractivity contribution in [3.63, 3.8) is 0 Å². The maximum atomic E-state index is 12.0. The molecule has 1 aromatic rings. The maximum absolute atomic E-state index is 12.0. The fraction of sp³-hybridized carbons (Fsp3) is 0.500. The molecule has 0 radical (unpaired) electrons. The molecule has 1 atom stereocenters. The summed E-state index contributed by atoms with van der Waals surface area (Å²) in [6.07, 6.45) is 1.01. The number of aliphatic hydroxyl groups is 1. The van der Waals surface area contributed by atoms with E-state index < -0.39 is 10.0 Å². The van der Waals surface area contributed by atoms with Gasteiger partial charge in [-0.25, -0.2) is 13.1 Å². The van der Waals surface area contributed by atoms with Crippen LogP contribution in [0.25, 0.3) is 0 Å². The van der Waals surface area contributed by atoms with E-state index in [0.29, 0.717) is 28.5 Å². The first-order valence-electron chi connectivity index (χ1n) is 5.92. The predicted octanol–water partition coefficient (Wildman–Crippen LogP) is 2.57. The molecule has 0 saturated heterocycles. The van der Waals surface area contributed by atoms with E-state index >= 15 is 0 Å². The molecule has 0 saturated carbocycles. The van der Waals surface area contributed by atoms with Gasteiger partial charge in [-0.15, -0.1) is 0 Å². The van der Waals surface area contributed by atoms with Crippen molar-refractivity contribution < 1.29 is 13.5 Å². The van der Waals surface area contributed by atoms with Gasteiger partial charge in [-0.05, 0) is 30.5 Å². The first-order valence-corrected chi connectivity index (χ1v) is 8.33. The van der Waals surface area contributed by atoms with Gasteiger partial charge in [-0.2, -0.15) is 0 Å². The number of aliphatic hydroxyl groups excluding tert-OH is 1. The van der Waals surface area contributed by atoms with Crippen molar-refractivity contribution in [2.75, 3.05) is 6.61 Å². The first kappa shape index (κ1) is 16.7. The standard InChI is InChI=1S/C12H17Cl2NO3S/c1-2-11(5-6-16)15-19(17,18)8-9-3-4-10(13)7-12(9)14/h3-4,7,11,15-16H,2,5-6,8H2,1H3. The maximum Gasteiger partial charge on any atom is 0.216 e. The molecule has 1 rings (SSSR count). The van der Waals surface area contributed by atoms with E-state index in [1.54, 1.807) is 12.1 Å². The van der Waals surface area contributed by atoms with Crippen molar-refractivity contribution in [2.24, 2.45) is 0 Å². The number of hydrogen-bond acceptors (Lipinski definition) is 3. The Balaban J connectivity index is 2.78. The third-order valence-corrected chi connectivity index (χ3v) is 4.65. The number of halogens is 2. The molecule has 1 aromatic carbocycles. The average molecular weight is 326 g/mol. The number of hydrogen-bond donors (Lipinski definition) is 2. The number of benzene rings is 1. The summed E-state index contributed by atoms with van der Waals surface area (Å²) in [7, 11) is -3.49. The lowest BCUT2D eigenvalue weighted by Crippen LogP contribution is -2.35. The van der Waals surface area contributed by atoms with Gasteiger partial charge < -0.3 is 5.11 Å². The molecule has 19 heavy (non-hydrogen) atoms. The second kappa shape index (κ2) is 7.45. The highest BCUT2D eigenvalue weighted by atomic mass is 35.5. The fourth-order valence-corrected chi connectivity index (χ4v) is 3.73. The van der Waals surface area contributed by atoms with E-state index in [0.717, 1.165) is 0 Å². The van der Waals surface area contributed by atoms with Crippen LogP contribution in [0.3, 0.4) is 0 Å². The highest BCUT2D eigenvalue weighted by Gasteiger charge is 2.18. The molecule has 0 aliphatic heterocycles. The lowest BCUT2D eigenvalue weighted by Gasteiger charge is -2.16. The predicted molar refractivity (Wildman–Crippen MR) is 78.0 cm³/mol. The van der Waals surface area contributed by atoms with Gasteiger partial charge in [0.15, 0.2) is 0 Å². The first-order chi connectivity index (χ1) is 8.88. The molecule has 0 aliphatic rings. The molecule has 0 heterocycles. The Morgan fingerprint density at radius 2 is 2.05 bits per heavy atom. The molecular formula is C12H17Cl2NO3S. The number of rotatable bonds is 7. The third kappa shape index (κ3) is 5.67. The lowest BCUT2D eigenvalue weighted by atomic mass is 10.2. The van der Waals surface area contributed by atoms with Gasteiger partial charge in [0.25, 0.3) is 0 Å². The smallest absolute Gasteiger partial charge is 0.216 e. The highest BCUT2D eigenvalue weighted by molar-refractivity contribution is 7.88. The van der Waals surface area contributed by atoms with E-state index in [2.05, 4.69) is 4.72 Å². The molecule has 0 aromatic heterocycles. The highest BCUT2D eigenvalue weighted by Crippen LogP contribution is 2.22. The van der Waals surface area contributed by atoms with E-state index in [9.17, 15) is 8.42 Å². The summed E-state index contributed by atoms with van der Waals surface area (Å²) in [5, 5.41) is 9.65. The van der Waals surface area contributed by atoms with Gasteiger partial charge in [0.2, 0.25) is 10.0 Å². The Morgan fingerprint density at radius 1 is 1.37 bits per heavy atom. The summed E-state index contributed by atoms with van der Waals surface area (Å²) in [4.78, 5) is 0. The second-order valence-corrected chi connectivity index (χ2v) is 6.83. The molecule has 0 spiro atoms. The monoisotopic (exact) mass is 325 g/mol. The molecule has 7 heteroatoms. The molecular weight excluding hydrogens is 309 g/mol. The van der Waals surface area contributed by atoms with E-state index in [1.807, 2.05) is 6.92 Å². The van der Waals surface area contributed by atoms with Crippen LogP contribution in [0.1, 0.15) is 25.3 Å². The van der Waals surface area contributed by atoms with Crippen LogP contribution in [0.5, 0.6) is 0 Å². The molecule has 0 amide bonds. The summed E-state index contributed by atoms with van der Waals surface area (Å²) in [5.74, 6) is -0.203. The summed E-state index contributed by atoms with van der Waals surface area (Å²) in [6, 6.07) is 4.44. The Bertz CT molecular complexity index is 520. The molecule has 108 valence electrons. The normalized spacial score (nSPS) is 13.5. The van der Waals surface area contributed by atoms with Crippen molar-refractivity contribution in [2.45, 2.75) is 31.6 Å². The van der Waals surface area contributed by atoms with Crippen LogP contribution in [0.4, 0.5) is 0 Å². The van der Waals surface area contributed by atoms with Crippen LogP contribution in [-0.4, -0.2) is 26.2 Å². The zero-order chi connectivity index (χ0) is 14.5. The van der Waals surface area contributed by atoms with E-state index in [4.69, 9.17) is 28.3 Å². The van der Waals surface area contributed by atoms with Gasteiger partial charge >= 0.3 is 0 Å². The number of sulfonamides is 1. The lowest BCUT2D eigenvalue weighted by molar-refractivity contribution is 0.270. The number of nitrogens with one attached hydrogen (secondary N) is 1. The van der Waals surface area contributed by atoms with E-state index in [1.165, 1.54) is 6.07 Å². The minimum absolute atomic E-state index is 0.0528. The zero-order valence-corrected chi connectivity index (χ0v) is 12.9. The average Bonchev–Trinajstić information content (AvgIpc) is 2.32. The van der Waals surface area contributed by atoms with Crippen molar-refractivity contribution in [1.82, 2.24) is 4.72 Å². The molecule has 2 N–H and O–H groups in total. The minimum atomic E-state index is -3.49. The summed E-state index contributed by atoms with van der Waals surface area (Å²) < 4.78 is 26.5. The molecule has 0 bridgehead atoms. The van der Waals surface area contributed by atoms with Crippen molar-refractivity contribution >= 4 is 33.2 Å². The second-order valence-electron chi connectivity index (χ2n) is 4.23. The van der Waals surface area contributed by atoms with Crippen molar-refractivity contribution in [3.05, 3.63) is 33.8 Å². The van der Waals surface area contributed by atoms with Crippen molar-refractivity contribution in [3.8, 4) is 0 Å². The fourth-order valence-electron chi connectivity index (χ4n) is 1.64. The van der Waals surface area contributed by atoms with Gasteiger partial charge in [0.05, 0.1) is 5.75 Å². The SMILES string of the molecule is CCC(CCO)NS(=O)(=O)Cc1ccc(Cl)cc1Cl. The van der Waals surface area contributed by atoms with Crippen LogP contribution in [0, 0.1) is 0 Å². The van der Waals surface area contributed by atoms with Gasteiger partial charge in [-0.3, -0.25) is 0 Å². The molecule has 1 unspecified atom stereocenters. The third-order valence-electron chi connectivity index (χ3n) is 2.68. The van der Waals surface area contributed by atoms with Crippen LogP contribution in [0.2, 0.25) is 10.0 Å². The summed E-state index contributed by atoms with van der Waals surface area (Å²) in [6.45, 7) is 1.81. The van der Waals surface area contributed by atoms with Crippen LogP contribution < -0.4 is 4.72 Å². The van der Waals surface area contributed by atoms with Crippen LogP contribution in [-0.2, 0) is 15.8 Å². The van der Waals surface area contributed by atoms with Gasteiger partial charge in [0.1, 0.15) is 0 Å². The topological polar surface area (TPSA) is 66.4 Å². The van der Waals surface area contributed by atoms with E-state index in [-0.39, 0.29) is 18.4 Å². The zero-order valence-electron chi connectivity index (χ0n) is 10.6. The van der Waals surface area contributed by atoms with Crippen molar-refractivity contribution in [1.29, 1.82) is 0 Å². The van der Waals surface area contributed by atoms with Crippen LogP contribution >= 0.6 is 23.2 Å².